The fraction of sp³-hybridized carbons (Fsp3) is 0.190. The van der Waals surface area contributed by atoms with E-state index >= 15 is 0 Å². The Balaban J connectivity index is 1.72. The molecule has 26 heavy (non-hydrogen) atoms. The van der Waals surface area contributed by atoms with E-state index in [1.54, 1.807) is 6.08 Å². The lowest BCUT2D eigenvalue weighted by Crippen LogP contribution is -2.30. The number of aromatic nitrogens is 2. The van der Waals surface area contributed by atoms with Crippen LogP contribution in [0.15, 0.2) is 71.3 Å². The molecule has 3 rings (SSSR count). The van der Waals surface area contributed by atoms with Crippen molar-refractivity contribution in [2.75, 3.05) is 0 Å². The SMILES string of the molecule is CC(C)[C@H](NC(=O)/C=C/c1ccccc1)c1nc(-c2ccccc2)no1. The predicted octanol–water partition coefficient (Wildman–Crippen LogP) is 4.26. The Morgan fingerprint density at radius 2 is 1.69 bits per heavy atom. The second kappa shape index (κ2) is 8.25. The summed E-state index contributed by atoms with van der Waals surface area (Å²) in [6.45, 7) is 4.00. The first kappa shape index (κ1) is 17.6. The van der Waals surface area contributed by atoms with Crippen molar-refractivity contribution in [2.45, 2.75) is 19.9 Å². The molecule has 1 aromatic heterocycles. The van der Waals surface area contributed by atoms with Crippen LogP contribution in [0, 0.1) is 5.92 Å². The third-order valence-electron chi connectivity index (χ3n) is 3.93. The molecule has 1 atom stereocenters. The molecule has 0 aliphatic carbocycles. The number of rotatable bonds is 6. The van der Waals surface area contributed by atoms with Gasteiger partial charge in [-0.2, -0.15) is 4.98 Å². The highest BCUT2D eigenvalue weighted by Gasteiger charge is 2.24. The number of hydrogen-bond donors (Lipinski definition) is 1. The molecular weight excluding hydrogens is 326 g/mol. The maximum atomic E-state index is 12.3. The van der Waals surface area contributed by atoms with Crippen LogP contribution in [0.25, 0.3) is 17.5 Å². The molecule has 0 radical (unpaired) electrons. The van der Waals surface area contributed by atoms with Gasteiger partial charge in [-0.05, 0) is 17.6 Å². The quantitative estimate of drug-likeness (QED) is 0.676. The lowest BCUT2D eigenvalue weighted by molar-refractivity contribution is -0.117. The van der Waals surface area contributed by atoms with E-state index in [0.717, 1.165) is 11.1 Å². The van der Waals surface area contributed by atoms with Gasteiger partial charge in [-0.15, -0.1) is 0 Å². The Morgan fingerprint density at radius 3 is 2.35 bits per heavy atom. The number of nitrogens with zero attached hydrogens (tertiary/aromatic N) is 2. The maximum Gasteiger partial charge on any atom is 0.249 e. The minimum Gasteiger partial charge on any atom is -0.340 e. The minimum absolute atomic E-state index is 0.105. The van der Waals surface area contributed by atoms with Crippen molar-refractivity contribution in [3.63, 3.8) is 0 Å². The van der Waals surface area contributed by atoms with Crippen molar-refractivity contribution >= 4 is 12.0 Å². The van der Waals surface area contributed by atoms with Crippen LogP contribution in [0.4, 0.5) is 0 Å². The average Bonchev–Trinajstić information content (AvgIpc) is 3.15. The molecule has 1 amide bonds. The van der Waals surface area contributed by atoms with Gasteiger partial charge in [0, 0.05) is 11.6 Å². The second-order valence-corrected chi connectivity index (χ2v) is 6.30. The Kier molecular flexibility index (Phi) is 5.59. The fourth-order valence-electron chi connectivity index (χ4n) is 2.52. The van der Waals surface area contributed by atoms with E-state index in [4.69, 9.17) is 4.52 Å². The van der Waals surface area contributed by atoms with E-state index in [9.17, 15) is 4.79 Å². The van der Waals surface area contributed by atoms with E-state index in [-0.39, 0.29) is 17.9 Å². The molecule has 0 saturated heterocycles. The molecule has 0 bridgehead atoms. The smallest absolute Gasteiger partial charge is 0.249 e. The summed E-state index contributed by atoms with van der Waals surface area (Å²) in [4.78, 5) is 16.8. The molecule has 1 heterocycles. The third kappa shape index (κ3) is 4.45. The zero-order valence-corrected chi connectivity index (χ0v) is 14.8. The highest BCUT2D eigenvalue weighted by Crippen LogP contribution is 2.23. The summed E-state index contributed by atoms with van der Waals surface area (Å²) in [5.74, 6) is 0.820. The van der Waals surface area contributed by atoms with Crippen molar-refractivity contribution < 1.29 is 9.32 Å². The lowest BCUT2D eigenvalue weighted by Gasteiger charge is -2.17. The van der Waals surface area contributed by atoms with Gasteiger partial charge in [0.1, 0.15) is 6.04 Å². The van der Waals surface area contributed by atoms with Gasteiger partial charge in [0.25, 0.3) is 0 Å². The summed E-state index contributed by atoms with van der Waals surface area (Å²) < 4.78 is 5.41. The minimum atomic E-state index is -0.354. The maximum absolute atomic E-state index is 12.3. The van der Waals surface area contributed by atoms with Gasteiger partial charge >= 0.3 is 0 Å². The first-order chi connectivity index (χ1) is 12.6. The number of amides is 1. The van der Waals surface area contributed by atoms with Gasteiger partial charge in [0.05, 0.1) is 0 Å². The molecule has 5 nitrogen and oxygen atoms in total. The Morgan fingerprint density at radius 1 is 1.04 bits per heavy atom. The van der Waals surface area contributed by atoms with Crippen LogP contribution in [-0.4, -0.2) is 16.0 Å². The van der Waals surface area contributed by atoms with Crippen LogP contribution in [0.3, 0.4) is 0 Å². The van der Waals surface area contributed by atoms with Gasteiger partial charge < -0.3 is 9.84 Å². The number of nitrogens with one attached hydrogen (secondary N) is 1. The Labute approximate surface area is 152 Å². The van der Waals surface area contributed by atoms with Crippen molar-refractivity contribution in [2.24, 2.45) is 5.92 Å². The van der Waals surface area contributed by atoms with E-state index in [0.29, 0.717) is 11.7 Å². The monoisotopic (exact) mass is 347 g/mol. The molecule has 3 aromatic rings. The zero-order valence-electron chi connectivity index (χ0n) is 14.8. The average molecular weight is 347 g/mol. The van der Waals surface area contributed by atoms with Crippen molar-refractivity contribution in [1.29, 1.82) is 0 Å². The molecule has 0 saturated carbocycles. The summed E-state index contributed by atoms with van der Waals surface area (Å²) >= 11 is 0. The highest BCUT2D eigenvalue weighted by molar-refractivity contribution is 5.91. The molecule has 2 aromatic carbocycles. The summed E-state index contributed by atoms with van der Waals surface area (Å²) in [6, 6.07) is 18.9. The summed E-state index contributed by atoms with van der Waals surface area (Å²) in [6.07, 6.45) is 3.29. The number of hydrogen-bond acceptors (Lipinski definition) is 4. The van der Waals surface area contributed by atoms with Crippen LogP contribution in [0.1, 0.15) is 31.3 Å². The lowest BCUT2D eigenvalue weighted by atomic mass is 10.0. The summed E-state index contributed by atoms with van der Waals surface area (Å²) in [5.41, 5.74) is 1.84. The summed E-state index contributed by atoms with van der Waals surface area (Å²) in [5, 5.41) is 6.98. The molecule has 0 fully saturated rings. The van der Waals surface area contributed by atoms with E-state index in [1.807, 2.05) is 74.5 Å². The first-order valence-electron chi connectivity index (χ1n) is 8.56. The highest BCUT2D eigenvalue weighted by atomic mass is 16.5. The van der Waals surface area contributed by atoms with Crippen LogP contribution >= 0.6 is 0 Å². The predicted molar refractivity (Wildman–Crippen MR) is 101 cm³/mol. The third-order valence-corrected chi connectivity index (χ3v) is 3.93. The van der Waals surface area contributed by atoms with Crippen molar-refractivity contribution in [3.05, 3.63) is 78.2 Å². The normalized spacial score (nSPS) is 12.4. The van der Waals surface area contributed by atoms with Crippen molar-refractivity contribution in [1.82, 2.24) is 15.5 Å². The van der Waals surface area contributed by atoms with Crippen LogP contribution < -0.4 is 5.32 Å². The van der Waals surface area contributed by atoms with Gasteiger partial charge in [-0.25, -0.2) is 0 Å². The van der Waals surface area contributed by atoms with Crippen molar-refractivity contribution in [3.8, 4) is 11.4 Å². The number of carbonyl (C=O) groups excluding carboxylic acids is 1. The van der Waals surface area contributed by atoms with Crippen LogP contribution in [0.2, 0.25) is 0 Å². The Bertz CT molecular complexity index is 871. The molecule has 0 aliphatic rings. The zero-order chi connectivity index (χ0) is 18.4. The van der Waals surface area contributed by atoms with Gasteiger partial charge in [0.15, 0.2) is 0 Å². The molecular formula is C21H21N3O2. The standard InChI is InChI=1S/C21H21N3O2/c1-15(2)19(22-18(25)14-13-16-9-5-3-6-10-16)21-23-20(24-26-21)17-11-7-4-8-12-17/h3-15,19H,1-2H3,(H,22,25)/b14-13+/t19-/m0/s1. The second-order valence-electron chi connectivity index (χ2n) is 6.30. The van der Waals surface area contributed by atoms with Gasteiger partial charge in [-0.1, -0.05) is 79.7 Å². The van der Waals surface area contributed by atoms with Crippen LogP contribution in [-0.2, 0) is 4.79 Å². The molecule has 1 N–H and O–H groups in total. The first-order valence-corrected chi connectivity index (χ1v) is 8.56. The fourth-order valence-corrected chi connectivity index (χ4v) is 2.52. The van der Waals surface area contributed by atoms with E-state index in [1.165, 1.54) is 6.08 Å². The summed E-state index contributed by atoms with van der Waals surface area (Å²) in [7, 11) is 0. The molecule has 0 aliphatic heterocycles. The number of carbonyl (C=O) groups is 1. The largest absolute Gasteiger partial charge is 0.340 e. The van der Waals surface area contributed by atoms with Gasteiger partial charge in [0.2, 0.25) is 17.6 Å². The Hall–Kier alpha value is -3.21. The number of benzene rings is 2. The topological polar surface area (TPSA) is 68.0 Å². The van der Waals surface area contributed by atoms with Gasteiger partial charge in [-0.3, -0.25) is 4.79 Å². The van der Waals surface area contributed by atoms with Crippen LogP contribution in [0.5, 0.6) is 0 Å². The van der Waals surface area contributed by atoms with E-state index in [2.05, 4.69) is 15.5 Å². The molecule has 5 heteroatoms. The molecule has 0 unspecified atom stereocenters. The molecule has 0 spiro atoms. The van der Waals surface area contributed by atoms with E-state index < -0.39 is 0 Å². The molecule has 132 valence electrons.